The zero-order valence-electron chi connectivity index (χ0n) is 7.96. The van der Waals surface area contributed by atoms with Gasteiger partial charge in [0.1, 0.15) is 0 Å². The molecule has 0 bridgehead atoms. The molecular formula is C10H11ClN2O2. The normalized spacial score (nSPS) is 18.6. The Kier molecular flexibility index (Phi) is 2.44. The van der Waals surface area contributed by atoms with Gasteiger partial charge < -0.3 is 16.2 Å². The second-order valence-corrected chi connectivity index (χ2v) is 4.04. The molecule has 15 heavy (non-hydrogen) atoms. The van der Waals surface area contributed by atoms with Gasteiger partial charge in [-0.1, -0.05) is 17.7 Å². The SMILES string of the molecule is Nc1ccc2c(c1Cl)CC(NC(=O)O)C2. The van der Waals surface area contributed by atoms with Crippen molar-refractivity contribution in [3.63, 3.8) is 0 Å². The molecule has 0 aromatic heterocycles. The Morgan fingerprint density at radius 2 is 2.27 bits per heavy atom. The third-order valence-corrected chi connectivity index (χ3v) is 3.06. The molecule has 0 saturated carbocycles. The Balaban J connectivity index is 2.24. The van der Waals surface area contributed by atoms with E-state index >= 15 is 0 Å². The Morgan fingerprint density at radius 3 is 2.93 bits per heavy atom. The highest BCUT2D eigenvalue weighted by atomic mass is 35.5. The topological polar surface area (TPSA) is 75.3 Å². The number of amides is 1. The lowest BCUT2D eigenvalue weighted by atomic mass is 10.1. The molecule has 4 N–H and O–H groups in total. The minimum absolute atomic E-state index is 0.0863. The van der Waals surface area contributed by atoms with Gasteiger partial charge in [-0.25, -0.2) is 4.79 Å². The number of anilines is 1. The van der Waals surface area contributed by atoms with Crippen molar-refractivity contribution in [3.8, 4) is 0 Å². The lowest BCUT2D eigenvalue weighted by molar-refractivity contribution is 0.190. The van der Waals surface area contributed by atoms with E-state index in [1.54, 1.807) is 6.07 Å². The van der Waals surface area contributed by atoms with E-state index in [1.165, 1.54) is 0 Å². The molecule has 0 fully saturated rings. The van der Waals surface area contributed by atoms with Gasteiger partial charge in [0, 0.05) is 6.04 Å². The molecule has 0 spiro atoms. The fourth-order valence-electron chi connectivity index (χ4n) is 1.95. The van der Waals surface area contributed by atoms with Crippen LogP contribution in [0.3, 0.4) is 0 Å². The van der Waals surface area contributed by atoms with Crippen molar-refractivity contribution in [1.29, 1.82) is 0 Å². The van der Waals surface area contributed by atoms with Crippen molar-refractivity contribution in [2.75, 3.05) is 5.73 Å². The molecule has 0 heterocycles. The number of halogens is 1. The van der Waals surface area contributed by atoms with Gasteiger partial charge in [0.15, 0.2) is 0 Å². The monoisotopic (exact) mass is 226 g/mol. The Hall–Kier alpha value is -1.42. The van der Waals surface area contributed by atoms with E-state index < -0.39 is 6.09 Å². The van der Waals surface area contributed by atoms with E-state index in [-0.39, 0.29) is 6.04 Å². The molecule has 1 aromatic carbocycles. The molecule has 0 aliphatic heterocycles. The summed E-state index contributed by atoms with van der Waals surface area (Å²) in [4.78, 5) is 10.5. The zero-order chi connectivity index (χ0) is 11.0. The molecule has 1 aliphatic carbocycles. The number of nitrogens with two attached hydrogens (primary N) is 1. The molecule has 0 radical (unpaired) electrons. The number of fused-ring (bicyclic) bond motifs is 1. The second-order valence-electron chi connectivity index (χ2n) is 3.66. The third kappa shape index (κ3) is 1.85. The number of hydrogen-bond donors (Lipinski definition) is 3. The number of nitrogen functional groups attached to an aromatic ring is 1. The summed E-state index contributed by atoms with van der Waals surface area (Å²) in [6.45, 7) is 0. The Morgan fingerprint density at radius 1 is 1.53 bits per heavy atom. The molecule has 1 unspecified atom stereocenters. The third-order valence-electron chi connectivity index (χ3n) is 2.61. The van der Waals surface area contributed by atoms with Gasteiger partial charge in [-0.3, -0.25) is 0 Å². The highest BCUT2D eigenvalue weighted by molar-refractivity contribution is 6.34. The fourth-order valence-corrected chi connectivity index (χ4v) is 2.21. The maximum Gasteiger partial charge on any atom is 0.404 e. The second kappa shape index (κ2) is 3.62. The van der Waals surface area contributed by atoms with E-state index in [0.29, 0.717) is 23.6 Å². The maximum atomic E-state index is 10.5. The Bertz CT molecular complexity index is 420. The molecule has 80 valence electrons. The average Bonchev–Trinajstić information content (AvgIpc) is 2.54. The van der Waals surface area contributed by atoms with Gasteiger partial charge in [0.2, 0.25) is 0 Å². The van der Waals surface area contributed by atoms with Gasteiger partial charge in [-0.2, -0.15) is 0 Å². The summed E-state index contributed by atoms with van der Waals surface area (Å²) in [5, 5.41) is 11.6. The van der Waals surface area contributed by atoms with Crippen molar-refractivity contribution < 1.29 is 9.90 Å². The first kappa shape index (κ1) is 10.1. The number of hydrogen-bond acceptors (Lipinski definition) is 2. The van der Waals surface area contributed by atoms with Crippen LogP contribution in [0.2, 0.25) is 5.02 Å². The summed E-state index contributed by atoms with van der Waals surface area (Å²) in [5.74, 6) is 0. The van der Waals surface area contributed by atoms with Crippen molar-refractivity contribution in [3.05, 3.63) is 28.3 Å². The molecule has 5 heteroatoms. The predicted octanol–water partition coefficient (Wildman–Crippen LogP) is 1.66. The maximum absolute atomic E-state index is 10.5. The van der Waals surface area contributed by atoms with E-state index in [1.807, 2.05) is 6.07 Å². The summed E-state index contributed by atoms with van der Waals surface area (Å²) in [6, 6.07) is 3.57. The van der Waals surface area contributed by atoms with Crippen LogP contribution in [0.5, 0.6) is 0 Å². The first-order valence-corrected chi connectivity index (χ1v) is 5.01. The van der Waals surface area contributed by atoms with Crippen LogP contribution in [0.15, 0.2) is 12.1 Å². The number of carbonyl (C=O) groups is 1. The average molecular weight is 227 g/mol. The van der Waals surface area contributed by atoms with E-state index in [9.17, 15) is 4.79 Å². The summed E-state index contributed by atoms with van der Waals surface area (Å²) >= 11 is 6.04. The van der Waals surface area contributed by atoms with Gasteiger partial charge in [0.05, 0.1) is 10.7 Å². The summed E-state index contributed by atoms with van der Waals surface area (Å²) in [7, 11) is 0. The largest absolute Gasteiger partial charge is 0.465 e. The lowest BCUT2D eigenvalue weighted by Crippen LogP contribution is -2.33. The Labute approximate surface area is 92.0 Å². The smallest absolute Gasteiger partial charge is 0.404 e. The van der Waals surface area contributed by atoms with E-state index in [0.717, 1.165) is 11.1 Å². The van der Waals surface area contributed by atoms with Crippen LogP contribution in [-0.2, 0) is 12.8 Å². The summed E-state index contributed by atoms with van der Waals surface area (Å²) < 4.78 is 0. The number of carboxylic acid groups (broad SMARTS) is 1. The number of benzene rings is 1. The fraction of sp³-hybridized carbons (Fsp3) is 0.300. The molecule has 0 saturated heterocycles. The van der Waals surface area contributed by atoms with Gasteiger partial charge in [-0.15, -0.1) is 0 Å². The number of nitrogens with one attached hydrogen (secondary N) is 1. The van der Waals surface area contributed by atoms with Crippen LogP contribution in [-0.4, -0.2) is 17.2 Å². The molecule has 4 nitrogen and oxygen atoms in total. The van der Waals surface area contributed by atoms with Crippen LogP contribution >= 0.6 is 11.6 Å². The lowest BCUT2D eigenvalue weighted by Gasteiger charge is -2.07. The van der Waals surface area contributed by atoms with Gasteiger partial charge in [0.25, 0.3) is 0 Å². The van der Waals surface area contributed by atoms with E-state index in [4.69, 9.17) is 22.4 Å². The van der Waals surface area contributed by atoms with Crippen molar-refractivity contribution in [1.82, 2.24) is 5.32 Å². The van der Waals surface area contributed by atoms with Crippen LogP contribution in [0.4, 0.5) is 10.5 Å². The molecular weight excluding hydrogens is 216 g/mol. The van der Waals surface area contributed by atoms with Gasteiger partial charge >= 0.3 is 6.09 Å². The number of rotatable bonds is 1. The predicted molar refractivity (Wildman–Crippen MR) is 58.2 cm³/mol. The van der Waals surface area contributed by atoms with Gasteiger partial charge in [-0.05, 0) is 30.0 Å². The quantitative estimate of drug-likeness (QED) is 0.638. The van der Waals surface area contributed by atoms with Crippen LogP contribution < -0.4 is 11.1 Å². The van der Waals surface area contributed by atoms with Crippen LogP contribution in [0, 0.1) is 0 Å². The van der Waals surface area contributed by atoms with Crippen LogP contribution in [0.1, 0.15) is 11.1 Å². The van der Waals surface area contributed by atoms with Crippen molar-refractivity contribution in [2.24, 2.45) is 0 Å². The van der Waals surface area contributed by atoms with Crippen molar-refractivity contribution >= 4 is 23.4 Å². The minimum atomic E-state index is -1.00. The minimum Gasteiger partial charge on any atom is -0.465 e. The summed E-state index contributed by atoms with van der Waals surface area (Å²) in [6.07, 6.45) is 0.296. The molecule has 1 aromatic rings. The molecule has 1 aliphatic rings. The van der Waals surface area contributed by atoms with Crippen molar-refractivity contribution in [2.45, 2.75) is 18.9 Å². The standard InChI is InChI=1S/C10H11ClN2O2/c11-9-7-4-6(13-10(14)15)3-5(7)1-2-8(9)12/h1-2,6,13H,3-4,12H2,(H,14,15). The van der Waals surface area contributed by atoms with Crippen LogP contribution in [0.25, 0.3) is 0 Å². The highest BCUT2D eigenvalue weighted by Crippen LogP contribution is 2.32. The highest BCUT2D eigenvalue weighted by Gasteiger charge is 2.25. The first-order chi connectivity index (χ1) is 7.08. The molecule has 2 rings (SSSR count). The molecule has 1 amide bonds. The van der Waals surface area contributed by atoms with E-state index in [2.05, 4.69) is 5.32 Å². The molecule has 1 atom stereocenters. The summed E-state index contributed by atoms with van der Waals surface area (Å²) in [5.41, 5.74) is 8.26. The first-order valence-electron chi connectivity index (χ1n) is 4.63. The zero-order valence-corrected chi connectivity index (χ0v) is 8.71.